The van der Waals surface area contributed by atoms with Gasteiger partial charge in [0.05, 0.1) is 23.8 Å². The van der Waals surface area contributed by atoms with Gasteiger partial charge in [0.2, 0.25) is 0 Å². The molecule has 6 nitrogen and oxygen atoms in total. The van der Waals surface area contributed by atoms with E-state index in [0.717, 1.165) is 0 Å². The molecule has 0 N–H and O–H groups in total. The van der Waals surface area contributed by atoms with Gasteiger partial charge < -0.3 is 19.8 Å². The number of rotatable bonds is 6. The minimum Gasteiger partial charge on any atom is -0.549 e. The largest absolute Gasteiger partial charge is 2.00 e. The van der Waals surface area contributed by atoms with E-state index in [2.05, 4.69) is 0 Å². The number of Topliss-reactive ketones (excluding diaryl/α,β-unsaturated/α-hetero) is 2. The summed E-state index contributed by atoms with van der Waals surface area (Å²) in [6.45, 7) is 5.79. The molecule has 0 radical (unpaired) electrons. The van der Waals surface area contributed by atoms with Crippen LogP contribution in [0.25, 0.3) is 0 Å². The molecule has 0 aliphatic heterocycles. The molecule has 0 heterocycles. The molecule has 0 aromatic carbocycles. The van der Waals surface area contributed by atoms with Gasteiger partial charge in [0.25, 0.3) is 0 Å². The van der Waals surface area contributed by atoms with E-state index in [0.29, 0.717) is 12.8 Å². The van der Waals surface area contributed by atoms with Crippen LogP contribution >= 0.6 is 0 Å². The van der Waals surface area contributed by atoms with Crippen molar-refractivity contribution in [1.29, 1.82) is 0 Å². The molecule has 19 heavy (non-hydrogen) atoms. The molecular weight excluding hydrogens is 306 g/mol. The van der Waals surface area contributed by atoms with E-state index in [9.17, 15) is 29.4 Å². The van der Waals surface area contributed by atoms with Gasteiger partial charge in [0.15, 0.2) is 0 Å². The van der Waals surface area contributed by atoms with Crippen molar-refractivity contribution in [2.24, 2.45) is 11.8 Å². The summed E-state index contributed by atoms with van der Waals surface area (Å²) in [7, 11) is 0. The van der Waals surface area contributed by atoms with Crippen molar-refractivity contribution >= 4 is 23.5 Å². The minimum absolute atomic E-state index is 0. The van der Waals surface area contributed by atoms with Crippen LogP contribution in [-0.2, 0) is 38.7 Å². The molecular formula is C12H18O6Zn. The average Bonchev–Trinajstić information content (AvgIpc) is 2.17. The van der Waals surface area contributed by atoms with Crippen LogP contribution in [0.2, 0.25) is 0 Å². The second-order valence-electron chi connectivity index (χ2n) is 3.78. The predicted molar refractivity (Wildman–Crippen MR) is 58.9 cm³/mol. The van der Waals surface area contributed by atoms with Crippen molar-refractivity contribution < 1.29 is 48.9 Å². The molecule has 0 saturated heterocycles. The number of hydrogen-bond donors (Lipinski definition) is 0. The first-order chi connectivity index (χ1) is 8.18. The van der Waals surface area contributed by atoms with Crippen LogP contribution in [0.3, 0.4) is 0 Å². The molecule has 2 atom stereocenters. The summed E-state index contributed by atoms with van der Waals surface area (Å²) in [6.07, 6.45) is 0.634. The van der Waals surface area contributed by atoms with Crippen molar-refractivity contribution in [3.05, 3.63) is 0 Å². The zero-order chi connectivity index (χ0) is 14.9. The van der Waals surface area contributed by atoms with Crippen LogP contribution < -0.4 is 10.2 Å². The Morgan fingerprint density at radius 3 is 1.00 bits per heavy atom. The number of ketones is 2. The van der Waals surface area contributed by atoms with Crippen LogP contribution in [0.15, 0.2) is 0 Å². The van der Waals surface area contributed by atoms with Crippen molar-refractivity contribution in [3.63, 3.8) is 0 Å². The number of carbonyl (C=O) groups excluding carboxylic acids is 4. The normalized spacial score (nSPS) is 12.0. The summed E-state index contributed by atoms with van der Waals surface area (Å²) in [5, 5.41) is 20.1. The van der Waals surface area contributed by atoms with Gasteiger partial charge in [0, 0.05) is 0 Å². The van der Waals surface area contributed by atoms with Gasteiger partial charge in [-0.3, -0.25) is 9.59 Å². The molecule has 0 aromatic rings. The second kappa shape index (κ2) is 12.0. The second-order valence-corrected chi connectivity index (χ2v) is 3.78. The molecule has 2 unspecified atom stereocenters. The number of carboxylic acid groups (broad SMARTS) is 2. The van der Waals surface area contributed by atoms with Crippen molar-refractivity contribution in [2.45, 2.75) is 40.5 Å². The Labute approximate surface area is 125 Å². The first kappa shape index (κ1) is 23.0. The van der Waals surface area contributed by atoms with Gasteiger partial charge >= 0.3 is 19.5 Å². The smallest absolute Gasteiger partial charge is 0.549 e. The fraction of sp³-hybridized carbons (Fsp3) is 0.667. The summed E-state index contributed by atoms with van der Waals surface area (Å²) in [5.74, 6) is -5.04. The molecule has 0 aliphatic rings. The van der Waals surface area contributed by atoms with E-state index in [1.165, 1.54) is 13.8 Å². The topological polar surface area (TPSA) is 114 Å². The Hall–Kier alpha value is -1.10. The summed E-state index contributed by atoms with van der Waals surface area (Å²) in [4.78, 5) is 40.9. The predicted octanol–water partition coefficient (Wildman–Crippen LogP) is -1.30. The minimum atomic E-state index is -1.27. The third kappa shape index (κ3) is 10.5. The van der Waals surface area contributed by atoms with E-state index < -0.39 is 23.8 Å². The van der Waals surface area contributed by atoms with Crippen LogP contribution in [0.4, 0.5) is 0 Å². The number of hydrogen-bond acceptors (Lipinski definition) is 6. The first-order valence-electron chi connectivity index (χ1n) is 5.61. The standard InChI is InChI=1S/2C6H10O3.Zn/c2*1-3-5(4(2)7)6(8)9;/h2*5H,3H2,1-2H3,(H,8,9);/q;;+2/p-2. The molecule has 0 aliphatic carbocycles. The molecule has 0 bridgehead atoms. The van der Waals surface area contributed by atoms with E-state index in [1.54, 1.807) is 13.8 Å². The molecule has 0 amide bonds. The van der Waals surface area contributed by atoms with E-state index in [4.69, 9.17) is 0 Å². The number of carbonyl (C=O) groups is 4. The van der Waals surface area contributed by atoms with Crippen LogP contribution in [0.1, 0.15) is 40.5 Å². The SMILES string of the molecule is CCC(C(C)=O)C(=O)[O-].CCC(C(C)=O)C(=O)[O-].[Zn+2]. The average molecular weight is 324 g/mol. The fourth-order valence-corrected chi connectivity index (χ4v) is 1.24. The zero-order valence-electron chi connectivity index (χ0n) is 11.7. The Balaban J connectivity index is -0.000000256. The van der Waals surface area contributed by atoms with E-state index >= 15 is 0 Å². The molecule has 0 fully saturated rings. The van der Waals surface area contributed by atoms with Gasteiger partial charge in [-0.1, -0.05) is 13.8 Å². The fourth-order valence-electron chi connectivity index (χ4n) is 1.24. The van der Waals surface area contributed by atoms with Gasteiger partial charge in [-0.15, -0.1) is 0 Å². The number of aliphatic carboxylic acids is 2. The summed E-state index contributed by atoms with van der Waals surface area (Å²) in [5.41, 5.74) is 0. The maximum atomic E-state index is 10.4. The summed E-state index contributed by atoms with van der Waals surface area (Å²) in [6, 6.07) is 0. The van der Waals surface area contributed by atoms with Crippen molar-refractivity contribution in [3.8, 4) is 0 Å². The molecule has 0 spiro atoms. The Morgan fingerprint density at radius 1 is 0.789 bits per heavy atom. The molecule has 104 valence electrons. The van der Waals surface area contributed by atoms with Gasteiger partial charge in [-0.2, -0.15) is 0 Å². The summed E-state index contributed by atoms with van der Waals surface area (Å²) >= 11 is 0. The maximum absolute atomic E-state index is 10.4. The summed E-state index contributed by atoms with van der Waals surface area (Å²) < 4.78 is 0. The van der Waals surface area contributed by atoms with Crippen molar-refractivity contribution in [2.75, 3.05) is 0 Å². The van der Waals surface area contributed by atoms with E-state index in [-0.39, 0.29) is 31.0 Å². The Bertz CT molecular complexity index is 266. The quantitative estimate of drug-likeness (QED) is 0.443. The van der Waals surface area contributed by atoms with Crippen molar-refractivity contribution in [1.82, 2.24) is 0 Å². The molecule has 0 saturated carbocycles. The van der Waals surface area contributed by atoms with Crippen LogP contribution in [0.5, 0.6) is 0 Å². The van der Waals surface area contributed by atoms with E-state index in [1.807, 2.05) is 0 Å². The third-order valence-corrected chi connectivity index (χ3v) is 2.37. The number of carboxylic acids is 2. The third-order valence-electron chi connectivity index (χ3n) is 2.37. The van der Waals surface area contributed by atoms with Gasteiger partial charge in [0.1, 0.15) is 11.6 Å². The monoisotopic (exact) mass is 322 g/mol. The molecule has 0 aromatic heterocycles. The maximum Gasteiger partial charge on any atom is 2.00 e. The van der Waals surface area contributed by atoms with Crippen LogP contribution in [-0.4, -0.2) is 23.5 Å². The molecule has 7 heteroatoms. The van der Waals surface area contributed by atoms with Gasteiger partial charge in [-0.05, 0) is 26.7 Å². The zero-order valence-corrected chi connectivity index (χ0v) is 14.7. The Morgan fingerprint density at radius 2 is 1.00 bits per heavy atom. The van der Waals surface area contributed by atoms with Gasteiger partial charge in [-0.25, -0.2) is 0 Å². The van der Waals surface area contributed by atoms with Crippen LogP contribution in [0, 0.1) is 11.8 Å². The first-order valence-corrected chi connectivity index (χ1v) is 5.61. The Kier molecular flexibility index (Phi) is 14.5. The molecule has 0 rings (SSSR count).